The zero-order chi connectivity index (χ0) is 15.1. The molecular formula is C15H17N2NiO4-. The molecule has 2 aliphatic heterocycles. The maximum Gasteiger partial charge on any atom is 0.253 e. The summed E-state index contributed by atoms with van der Waals surface area (Å²) in [5, 5.41) is 14.4. The van der Waals surface area contributed by atoms with Crippen LogP contribution >= 0.6 is 0 Å². The van der Waals surface area contributed by atoms with Gasteiger partial charge in [0.15, 0.2) is 11.5 Å². The van der Waals surface area contributed by atoms with Crippen molar-refractivity contribution in [2.45, 2.75) is 18.7 Å². The maximum absolute atomic E-state index is 12.7. The summed E-state index contributed by atoms with van der Waals surface area (Å²) in [7, 11) is 3.00. The van der Waals surface area contributed by atoms with Gasteiger partial charge in [0.1, 0.15) is 0 Å². The minimum Gasteiger partial charge on any atom is -0.657 e. The summed E-state index contributed by atoms with van der Waals surface area (Å²) in [6, 6.07) is 2.80. The maximum atomic E-state index is 12.7. The van der Waals surface area contributed by atoms with E-state index in [1.54, 1.807) is 12.0 Å². The van der Waals surface area contributed by atoms with Gasteiger partial charge in [-0.2, -0.15) is 0 Å². The third-order valence-electron chi connectivity index (χ3n) is 3.92. The number of phenolic OH excluding ortho intramolecular Hbond substituents is 1. The van der Waals surface area contributed by atoms with Crippen molar-refractivity contribution in [3.05, 3.63) is 35.2 Å². The smallest absolute Gasteiger partial charge is 0.253 e. The molecule has 1 amide bonds. The van der Waals surface area contributed by atoms with Gasteiger partial charge in [-0.05, 0) is 18.6 Å². The first-order valence-electron chi connectivity index (χ1n) is 6.67. The minimum absolute atomic E-state index is 0. The second kappa shape index (κ2) is 6.19. The first kappa shape index (κ1) is 16.7. The molecule has 1 N–H and O–H groups in total. The van der Waals surface area contributed by atoms with Gasteiger partial charge in [-0.1, -0.05) is 12.2 Å². The average Bonchev–Trinajstić information content (AvgIpc) is 2.81. The Morgan fingerprint density at radius 1 is 1.41 bits per heavy atom. The molecule has 7 heteroatoms. The number of hydrogen-bond acceptors (Lipinski definition) is 4. The fraction of sp³-hybridized carbons (Fsp3) is 0.400. The number of phenols is 1. The van der Waals surface area contributed by atoms with Gasteiger partial charge in [0.25, 0.3) is 5.91 Å². The number of carbonyl (C=O) groups is 1. The van der Waals surface area contributed by atoms with Crippen LogP contribution < -0.4 is 4.74 Å². The van der Waals surface area contributed by atoms with E-state index in [-0.39, 0.29) is 39.9 Å². The Labute approximate surface area is 139 Å². The molecule has 1 aromatic rings. The van der Waals surface area contributed by atoms with Crippen LogP contribution in [0.1, 0.15) is 16.8 Å². The standard InChI is InChI=1S/C15H18N2O4.Ni/c1-8-4-11-14(21-3)16-10-6-12(18)13(20-2)5-9(10)15(19)17(11)7-8;/h5-6,11,14H,1,4,7H2,2-3H3,(H2,16,18,19);/p-1/t11-,14-;/m0./s1. The predicted molar refractivity (Wildman–Crippen MR) is 77.1 cm³/mol. The van der Waals surface area contributed by atoms with Crippen LogP contribution in [-0.4, -0.2) is 48.9 Å². The Bertz CT molecular complexity index is 620. The van der Waals surface area contributed by atoms with Crippen molar-refractivity contribution in [3.63, 3.8) is 0 Å². The summed E-state index contributed by atoms with van der Waals surface area (Å²) >= 11 is 0. The van der Waals surface area contributed by atoms with E-state index in [1.807, 2.05) is 0 Å². The number of rotatable bonds is 2. The summed E-state index contributed by atoms with van der Waals surface area (Å²) < 4.78 is 10.5. The van der Waals surface area contributed by atoms with Crippen molar-refractivity contribution >= 4 is 11.6 Å². The molecule has 22 heavy (non-hydrogen) atoms. The molecule has 1 saturated heterocycles. The molecule has 2 heterocycles. The van der Waals surface area contributed by atoms with Crippen LogP contribution in [0, 0.1) is 0 Å². The Morgan fingerprint density at radius 2 is 2.14 bits per heavy atom. The van der Waals surface area contributed by atoms with Crippen LogP contribution in [0.25, 0.3) is 5.32 Å². The number of amides is 1. The molecule has 1 fully saturated rings. The zero-order valence-electron chi connectivity index (χ0n) is 12.3. The van der Waals surface area contributed by atoms with Gasteiger partial charge >= 0.3 is 0 Å². The Balaban J connectivity index is 0.00000176. The number of ether oxygens (including phenoxy) is 2. The van der Waals surface area contributed by atoms with E-state index in [4.69, 9.17) is 9.47 Å². The van der Waals surface area contributed by atoms with Crippen molar-refractivity contribution in [1.82, 2.24) is 4.90 Å². The van der Waals surface area contributed by atoms with Gasteiger partial charge in [-0.15, -0.1) is 5.69 Å². The van der Waals surface area contributed by atoms with E-state index in [9.17, 15) is 9.90 Å². The van der Waals surface area contributed by atoms with Gasteiger partial charge < -0.3 is 24.8 Å². The van der Waals surface area contributed by atoms with E-state index < -0.39 is 6.23 Å². The molecule has 3 rings (SSSR count). The number of benzene rings is 1. The Kier molecular flexibility index (Phi) is 4.68. The van der Waals surface area contributed by atoms with Crippen molar-refractivity contribution in [3.8, 4) is 11.5 Å². The molecule has 2 atom stereocenters. The van der Waals surface area contributed by atoms with Crippen molar-refractivity contribution < 1.29 is 35.9 Å². The van der Waals surface area contributed by atoms with Crippen LogP contribution in [0.3, 0.4) is 0 Å². The van der Waals surface area contributed by atoms with Crippen molar-refractivity contribution in [1.29, 1.82) is 0 Å². The summed E-state index contributed by atoms with van der Waals surface area (Å²) in [5.74, 6) is 0.0621. The fourth-order valence-corrected chi connectivity index (χ4v) is 2.89. The van der Waals surface area contributed by atoms with Crippen LogP contribution in [0.4, 0.5) is 5.69 Å². The molecular weight excluding hydrogens is 331 g/mol. The van der Waals surface area contributed by atoms with Crippen molar-refractivity contribution in [2.75, 3.05) is 20.8 Å². The monoisotopic (exact) mass is 347 g/mol. The van der Waals surface area contributed by atoms with E-state index in [0.29, 0.717) is 24.2 Å². The molecule has 0 aromatic heterocycles. The van der Waals surface area contributed by atoms with Gasteiger partial charge in [-0.3, -0.25) is 4.79 Å². The Morgan fingerprint density at radius 3 is 2.77 bits per heavy atom. The van der Waals surface area contributed by atoms with Crippen molar-refractivity contribution in [2.24, 2.45) is 0 Å². The molecule has 0 bridgehead atoms. The molecule has 2 aliphatic rings. The van der Waals surface area contributed by atoms with E-state index >= 15 is 0 Å². The third kappa shape index (κ3) is 2.55. The number of nitrogens with zero attached hydrogens (tertiary/aromatic N) is 2. The van der Waals surface area contributed by atoms with E-state index in [0.717, 1.165) is 5.57 Å². The zero-order valence-corrected chi connectivity index (χ0v) is 13.3. The first-order chi connectivity index (χ1) is 10.0. The topological polar surface area (TPSA) is 73.1 Å². The number of hydrogen-bond donors (Lipinski definition) is 1. The summed E-state index contributed by atoms with van der Waals surface area (Å²) in [5.41, 5.74) is 1.81. The average molecular weight is 348 g/mol. The number of carbonyl (C=O) groups excluding carboxylic acids is 1. The van der Waals surface area contributed by atoms with E-state index in [2.05, 4.69) is 11.9 Å². The second-order valence-corrected chi connectivity index (χ2v) is 5.25. The van der Waals surface area contributed by atoms with Gasteiger partial charge in [0.05, 0.1) is 7.11 Å². The summed E-state index contributed by atoms with van der Waals surface area (Å²) in [6.45, 7) is 4.46. The first-order valence-corrected chi connectivity index (χ1v) is 6.67. The fourth-order valence-electron chi connectivity index (χ4n) is 2.89. The molecule has 6 nitrogen and oxygen atoms in total. The number of aromatic hydroxyl groups is 1. The van der Waals surface area contributed by atoms with Crippen LogP contribution in [0.2, 0.25) is 0 Å². The normalized spacial score (nSPS) is 23.1. The van der Waals surface area contributed by atoms with Gasteiger partial charge in [0, 0.05) is 48.0 Å². The van der Waals surface area contributed by atoms with Crippen LogP contribution in [-0.2, 0) is 21.2 Å². The summed E-state index contributed by atoms with van der Waals surface area (Å²) in [6.07, 6.45) is 0.201. The van der Waals surface area contributed by atoms with E-state index in [1.165, 1.54) is 19.2 Å². The largest absolute Gasteiger partial charge is 0.657 e. The number of methoxy groups -OCH3 is 2. The summed E-state index contributed by atoms with van der Waals surface area (Å²) in [4.78, 5) is 14.5. The molecule has 0 radical (unpaired) electrons. The molecule has 0 saturated carbocycles. The van der Waals surface area contributed by atoms with Gasteiger partial charge in [0.2, 0.25) is 0 Å². The second-order valence-electron chi connectivity index (χ2n) is 5.25. The molecule has 1 aromatic carbocycles. The van der Waals surface area contributed by atoms with Crippen LogP contribution in [0.5, 0.6) is 11.5 Å². The van der Waals surface area contributed by atoms with Crippen LogP contribution in [0.15, 0.2) is 24.3 Å². The molecule has 0 spiro atoms. The molecule has 0 aliphatic carbocycles. The molecule has 0 unspecified atom stereocenters. The molecule has 122 valence electrons. The predicted octanol–water partition coefficient (Wildman–Crippen LogP) is 2.16. The number of fused-ring (bicyclic) bond motifs is 2. The SMILES string of the molecule is C=C1C[C@H]2[C@H](OC)[N-]c3cc(O)c(OC)cc3C(=O)N2C1.[Ni]. The third-order valence-corrected chi connectivity index (χ3v) is 3.92. The minimum atomic E-state index is -0.470. The Hall–Kier alpha value is -1.72. The quantitative estimate of drug-likeness (QED) is 0.657. The van der Waals surface area contributed by atoms with Gasteiger partial charge in [-0.25, -0.2) is 0 Å².